The molecule has 1 aromatic carbocycles. The second kappa shape index (κ2) is 8.50. The summed E-state index contributed by atoms with van der Waals surface area (Å²) in [7, 11) is 1.63. The first-order chi connectivity index (χ1) is 9.13. The molecule has 1 aromatic rings. The molecule has 1 amide bonds. The first-order valence-corrected chi connectivity index (χ1v) is 6.36. The predicted molar refractivity (Wildman–Crippen MR) is 76.2 cm³/mol. The van der Waals surface area contributed by atoms with E-state index < -0.39 is 0 Å². The van der Waals surface area contributed by atoms with Crippen LogP contribution < -0.4 is 11.1 Å². The standard InChI is InChI=1S/C14H22N2O3/c1-11-5-6-12(15)10-13(11)16-14(17)4-3-7-19-9-8-18-2/h5-6,10H,3-4,7-9,15H2,1-2H3,(H,16,17). The molecule has 1 rings (SSSR count). The average Bonchev–Trinajstić information content (AvgIpc) is 2.38. The largest absolute Gasteiger partial charge is 0.399 e. The van der Waals surface area contributed by atoms with E-state index in [-0.39, 0.29) is 5.91 Å². The average molecular weight is 266 g/mol. The number of hydrogen-bond acceptors (Lipinski definition) is 4. The molecule has 0 atom stereocenters. The summed E-state index contributed by atoms with van der Waals surface area (Å²) in [5, 5.41) is 2.85. The van der Waals surface area contributed by atoms with Crippen LogP contribution >= 0.6 is 0 Å². The minimum Gasteiger partial charge on any atom is -0.399 e. The van der Waals surface area contributed by atoms with Crippen molar-refractivity contribution in [1.82, 2.24) is 0 Å². The van der Waals surface area contributed by atoms with Gasteiger partial charge < -0.3 is 20.5 Å². The fourth-order valence-corrected chi connectivity index (χ4v) is 1.57. The summed E-state index contributed by atoms with van der Waals surface area (Å²) in [4.78, 5) is 11.7. The lowest BCUT2D eigenvalue weighted by Gasteiger charge is -2.09. The molecule has 0 aliphatic heterocycles. The van der Waals surface area contributed by atoms with Crippen molar-refractivity contribution >= 4 is 17.3 Å². The Morgan fingerprint density at radius 1 is 1.32 bits per heavy atom. The Hall–Kier alpha value is -1.59. The van der Waals surface area contributed by atoms with Gasteiger partial charge >= 0.3 is 0 Å². The first-order valence-electron chi connectivity index (χ1n) is 6.36. The van der Waals surface area contributed by atoms with Gasteiger partial charge in [-0.15, -0.1) is 0 Å². The number of nitrogen functional groups attached to an aromatic ring is 1. The van der Waals surface area contributed by atoms with Gasteiger partial charge in [0.2, 0.25) is 5.91 Å². The van der Waals surface area contributed by atoms with Crippen molar-refractivity contribution in [3.8, 4) is 0 Å². The zero-order valence-electron chi connectivity index (χ0n) is 11.6. The van der Waals surface area contributed by atoms with Gasteiger partial charge in [-0.2, -0.15) is 0 Å². The van der Waals surface area contributed by atoms with E-state index in [0.29, 0.717) is 38.3 Å². The predicted octanol–water partition coefficient (Wildman–Crippen LogP) is 1.96. The number of benzene rings is 1. The zero-order valence-corrected chi connectivity index (χ0v) is 11.6. The van der Waals surface area contributed by atoms with Crippen LogP contribution in [0.15, 0.2) is 18.2 Å². The number of methoxy groups -OCH3 is 1. The van der Waals surface area contributed by atoms with E-state index in [4.69, 9.17) is 15.2 Å². The molecule has 0 aliphatic rings. The van der Waals surface area contributed by atoms with Crippen LogP contribution in [0.1, 0.15) is 18.4 Å². The summed E-state index contributed by atoms with van der Waals surface area (Å²) >= 11 is 0. The summed E-state index contributed by atoms with van der Waals surface area (Å²) in [6, 6.07) is 5.47. The van der Waals surface area contributed by atoms with Gasteiger partial charge in [-0.1, -0.05) is 6.07 Å². The van der Waals surface area contributed by atoms with Crippen LogP contribution in [0, 0.1) is 6.92 Å². The number of amides is 1. The third kappa shape index (κ3) is 6.22. The number of nitrogens with one attached hydrogen (secondary N) is 1. The van der Waals surface area contributed by atoms with Crippen molar-refractivity contribution in [2.24, 2.45) is 0 Å². The van der Waals surface area contributed by atoms with E-state index in [2.05, 4.69) is 5.32 Å². The van der Waals surface area contributed by atoms with Gasteiger partial charge in [0.05, 0.1) is 13.2 Å². The highest BCUT2D eigenvalue weighted by atomic mass is 16.5. The Morgan fingerprint density at radius 2 is 2.11 bits per heavy atom. The minimum atomic E-state index is -0.0240. The maximum absolute atomic E-state index is 11.7. The molecule has 0 saturated heterocycles. The third-order valence-corrected chi connectivity index (χ3v) is 2.66. The Balaban J connectivity index is 2.25. The summed E-state index contributed by atoms with van der Waals surface area (Å²) in [6.07, 6.45) is 1.12. The number of hydrogen-bond donors (Lipinski definition) is 2. The van der Waals surface area contributed by atoms with Gasteiger partial charge in [0, 0.05) is 31.5 Å². The fourth-order valence-electron chi connectivity index (χ4n) is 1.57. The number of ether oxygens (including phenoxy) is 2. The molecule has 19 heavy (non-hydrogen) atoms. The number of anilines is 2. The van der Waals surface area contributed by atoms with Crippen molar-refractivity contribution in [1.29, 1.82) is 0 Å². The quantitative estimate of drug-likeness (QED) is 0.557. The summed E-state index contributed by atoms with van der Waals surface area (Å²) in [5.74, 6) is -0.0240. The molecule has 3 N–H and O–H groups in total. The van der Waals surface area contributed by atoms with E-state index >= 15 is 0 Å². The van der Waals surface area contributed by atoms with E-state index in [1.807, 2.05) is 19.1 Å². The molecule has 0 saturated carbocycles. The molecule has 0 fully saturated rings. The number of carbonyl (C=O) groups is 1. The Kier molecular flexibility index (Phi) is 6.92. The topological polar surface area (TPSA) is 73.6 Å². The van der Waals surface area contributed by atoms with E-state index in [0.717, 1.165) is 11.3 Å². The molecule has 0 aromatic heterocycles. The van der Waals surface area contributed by atoms with E-state index in [1.54, 1.807) is 13.2 Å². The van der Waals surface area contributed by atoms with E-state index in [1.165, 1.54) is 0 Å². The van der Waals surface area contributed by atoms with Gasteiger partial charge in [-0.3, -0.25) is 4.79 Å². The number of aryl methyl sites for hydroxylation is 1. The summed E-state index contributed by atoms with van der Waals surface area (Å²) in [5.41, 5.74) is 8.10. The van der Waals surface area contributed by atoms with Crippen LogP contribution in [-0.4, -0.2) is 32.8 Å². The molecule has 0 radical (unpaired) electrons. The number of nitrogens with two attached hydrogens (primary N) is 1. The first kappa shape index (κ1) is 15.5. The molecular formula is C14H22N2O3. The van der Waals surface area contributed by atoms with Gasteiger partial charge in [-0.05, 0) is 31.0 Å². The van der Waals surface area contributed by atoms with Gasteiger partial charge in [-0.25, -0.2) is 0 Å². The molecule has 0 spiro atoms. The van der Waals surface area contributed by atoms with Crippen LogP contribution in [-0.2, 0) is 14.3 Å². The normalized spacial score (nSPS) is 10.4. The van der Waals surface area contributed by atoms with Crippen molar-refractivity contribution in [2.45, 2.75) is 19.8 Å². The van der Waals surface area contributed by atoms with Crippen LogP contribution in [0.3, 0.4) is 0 Å². The minimum absolute atomic E-state index is 0.0240. The maximum atomic E-state index is 11.7. The SMILES string of the molecule is COCCOCCCC(=O)Nc1cc(N)ccc1C. The number of carbonyl (C=O) groups excluding carboxylic acids is 1. The molecular weight excluding hydrogens is 244 g/mol. The summed E-state index contributed by atoms with van der Waals surface area (Å²) < 4.78 is 10.1. The molecule has 5 heteroatoms. The number of rotatable bonds is 8. The molecule has 0 heterocycles. The zero-order chi connectivity index (χ0) is 14.1. The molecule has 5 nitrogen and oxygen atoms in total. The molecule has 106 valence electrons. The van der Waals surface area contributed by atoms with Crippen molar-refractivity contribution in [3.05, 3.63) is 23.8 Å². The smallest absolute Gasteiger partial charge is 0.224 e. The third-order valence-electron chi connectivity index (χ3n) is 2.66. The second-order valence-corrected chi connectivity index (χ2v) is 4.33. The van der Waals surface area contributed by atoms with Crippen molar-refractivity contribution < 1.29 is 14.3 Å². The molecule has 0 aliphatic carbocycles. The van der Waals surface area contributed by atoms with Crippen LogP contribution in [0.4, 0.5) is 11.4 Å². The van der Waals surface area contributed by atoms with Gasteiger partial charge in [0.15, 0.2) is 0 Å². The monoisotopic (exact) mass is 266 g/mol. The maximum Gasteiger partial charge on any atom is 0.224 e. The summed E-state index contributed by atoms with van der Waals surface area (Å²) in [6.45, 7) is 3.64. The van der Waals surface area contributed by atoms with Gasteiger partial charge in [0.1, 0.15) is 0 Å². The highest BCUT2D eigenvalue weighted by Gasteiger charge is 2.05. The van der Waals surface area contributed by atoms with Crippen molar-refractivity contribution in [3.63, 3.8) is 0 Å². The lowest BCUT2D eigenvalue weighted by molar-refractivity contribution is -0.116. The van der Waals surface area contributed by atoms with Gasteiger partial charge in [0.25, 0.3) is 0 Å². The molecule has 0 unspecified atom stereocenters. The van der Waals surface area contributed by atoms with Crippen LogP contribution in [0.2, 0.25) is 0 Å². The lowest BCUT2D eigenvalue weighted by atomic mass is 10.1. The van der Waals surface area contributed by atoms with Crippen LogP contribution in [0.5, 0.6) is 0 Å². The van der Waals surface area contributed by atoms with Crippen LogP contribution in [0.25, 0.3) is 0 Å². The second-order valence-electron chi connectivity index (χ2n) is 4.33. The Labute approximate surface area is 114 Å². The fraction of sp³-hybridized carbons (Fsp3) is 0.500. The molecule has 0 bridgehead atoms. The van der Waals surface area contributed by atoms with E-state index in [9.17, 15) is 4.79 Å². The Morgan fingerprint density at radius 3 is 2.84 bits per heavy atom. The Bertz CT molecular complexity index is 408. The lowest BCUT2D eigenvalue weighted by Crippen LogP contribution is -2.13. The highest BCUT2D eigenvalue weighted by molar-refractivity contribution is 5.91. The highest BCUT2D eigenvalue weighted by Crippen LogP contribution is 2.18. The van der Waals surface area contributed by atoms with Crippen molar-refractivity contribution in [2.75, 3.05) is 38.0 Å².